The quantitative estimate of drug-likeness (QED) is 0.824. The lowest BCUT2D eigenvalue weighted by Crippen LogP contribution is -2.45. The first-order chi connectivity index (χ1) is 13.2. The summed E-state index contributed by atoms with van der Waals surface area (Å²) in [6.07, 6.45) is 2.28. The van der Waals surface area contributed by atoms with E-state index in [-0.39, 0.29) is 0 Å². The molecule has 1 atom stereocenters. The van der Waals surface area contributed by atoms with Crippen LogP contribution in [-0.4, -0.2) is 37.0 Å². The molecule has 0 amide bonds. The second-order valence-corrected chi connectivity index (χ2v) is 8.82. The van der Waals surface area contributed by atoms with Crippen molar-refractivity contribution in [3.05, 3.63) is 57.3 Å². The molecule has 4 nitrogen and oxygen atoms in total. The zero-order valence-corrected chi connectivity index (χ0v) is 17.2. The van der Waals surface area contributed by atoms with Gasteiger partial charge in [0, 0.05) is 37.6 Å². The van der Waals surface area contributed by atoms with Crippen molar-refractivity contribution in [2.75, 3.05) is 26.2 Å². The number of aliphatic imine (C=N–C) groups is 1. The minimum atomic E-state index is 0.352. The summed E-state index contributed by atoms with van der Waals surface area (Å²) in [4.78, 5) is 8.77. The summed E-state index contributed by atoms with van der Waals surface area (Å²) in [7, 11) is 0. The van der Waals surface area contributed by atoms with Crippen molar-refractivity contribution in [3.8, 4) is 0 Å². The minimum Gasteiger partial charge on any atom is -0.356 e. The number of hydrogen-bond acceptors (Lipinski definition) is 5. The summed E-state index contributed by atoms with van der Waals surface area (Å²) >= 11 is 1.90. The van der Waals surface area contributed by atoms with E-state index in [0.717, 1.165) is 51.5 Å². The van der Waals surface area contributed by atoms with Crippen molar-refractivity contribution in [2.45, 2.75) is 45.2 Å². The smallest absolute Gasteiger partial charge is 0.191 e. The minimum absolute atomic E-state index is 0.352. The number of guanidine groups is 1. The van der Waals surface area contributed by atoms with E-state index in [1.165, 1.54) is 16.7 Å². The Morgan fingerprint density at radius 1 is 1.19 bits per heavy atom. The molecule has 0 bridgehead atoms. The number of thiophene rings is 1. The number of fused-ring (bicyclic) bond motifs is 1. The van der Waals surface area contributed by atoms with Crippen molar-refractivity contribution in [1.82, 2.24) is 15.5 Å². The monoisotopic (exact) mass is 382 g/mol. The Morgan fingerprint density at radius 3 is 2.74 bits per heavy atom. The van der Waals surface area contributed by atoms with E-state index in [2.05, 4.69) is 70.1 Å². The second-order valence-electron chi connectivity index (χ2n) is 7.82. The fourth-order valence-electron chi connectivity index (χ4n) is 3.94. The zero-order valence-electron chi connectivity index (χ0n) is 16.4. The van der Waals surface area contributed by atoms with Crippen LogP contribution in [0.1, 0.15) is 53.8 Å². The Morgan fingerprint density at radius 2 is 2.00 bits per heavy atom. The van der Waals surface area contributed by atoms with Gasteiger partial charge in [-0.25, -0.2) is 0 Å². The van der Waals surface area contributed by atoms with Crippen LogP contribution in [0.3, 0.4) is 0 Å². The number of benzene rings is 1. The van der Waals surface area contributed by atoms with Gasteiger partial charge in [0.1, 0.15) is 0 Å². The van der Waals surface area contributed by atoms with Crippen LogP contribution in [0, 0.1) is 0 Å². The van der Waals surface area contributed by atoms with Gasteiger partial charge in [0.05, 0.1) is 6.04 Å². The summed E-state index contributed by atoms with van der Waals surface area (Å²) in [6, 6.07) is 11.9. The van der Waals surface area contributed by atoms with Crippen molar-refractivity contribution in [2.24, 2.45) is 4.99 Å². The summed E-state index contributed by atoms with van der Waals surface area (Å²) in [6.45, 7) is 9.48. The molecule has 4 rings (SSSR count). The third-order valence-electron chi connectivity index (χ3n) is 5.63. The van der Waals surface area contributed by atoms with Gasteiger partial charge < -0.3 is 10.6 Å². The molecule has 2 aromatic rings. The first kappa shape index (κ1) is 18.5. The van der Waals surface area contributed by atoms with Gasteiger partial charge in [-0.15, -0.1) is 11.3 Å². The molecule has 0 aliphatic carbocycles. The Bertz CT molecular complexity index is 778. The van der Waals surface area contributed by atoms with Crippen molar-refractivity contribution >= 4 is 17.3 Å². The highest BCUT2D eigenvalue weighted by atomic mass is 32.1. The van der Waals surface area contributed by atoms with Gasteiger partial charge in [0.25, 0.3) is 0 Å². The molecule has 2 aliphatic rings. The Balaban J connectivity index is 1.53. The van der Waals surface area contributed by atoms with Gasteiger partial charge in [-0.2, -0.15) is 0 Å². The molecule has 0 spiro atoms. The normalized spacial score (nSPS) is 18.6. The molecule has 2 N–H and O–H groups in total. The largest absolute Gasteiger partial charge is 0.356 e. The fourth-order valence-corrected chi connectivity index (χ4v) is 4.83. The molecule has 0 saturated heterocycles. The predicted molar refractivity (Wildman–Crippen MR) is 115 cm³/mol. The van der Waals surface area contributed by atoms with Crippen LogP contribution in [0.25, 0.3) is 0 Å². The van der Waals surface area contributed by atoms with Gasteiger partial charge in [-0.05, 0) is 46.9 Å². The topological polar surface area (TPSA) is 39.7 Å². The lowest BCUT2D eigenvalue weighted by molar-refractivity contribution is 0.181. The van der Waals surface area contributed by atoms with E-state index in [9.17, 15) is 0 Å². The molecule has 0 fully saturated rings. The first-order valence-electron chi connectivity index (χ1n) is 10.1. The van der Waals surface area contributed by atoms with Crippen LogP contribution in [0.4, 0.5) is 0 Å². The SMILES string of the molecule is CC(C)c1ccc(C(CNC2=NCCCN2)N2CCc3sccc3C2)cc1. The van der Waals surface area contributed by atoms with Gasteiger partial charge in [-0.1, -0.05) is 38.1 Å². The average molecular weight is 383 g/mol. The Labute approximate surface area is 166 Å². The van der Waals surface area contributed by atoms with E-state index in [1.807, 2.05) is 11.3 Å². The maximum Gasteiger partial charge on any atom is 0.191 e. The number of rotatable bonds is 5. The lowest BCUT2D eigenvalue weighted by Gasteiger charge is -2.35. The van der Waals surface area contributed by atoms with Crippen molar-refractivity contribution in [1.29, 1.82) is 0 Å². The van der Waals surface area contributed by atoms with Gasteiger partial charge in [0.2, 0.25) is 0 Å². The van der Waals surface area contributed by atoms with E-state index < -0.39 is 0 Å². The van der Waals surface area contributed by atoms with Crippen LogP contribution < -0.4 is 10.6 Å². The number of nitrogens with one attached hydrogen (secondary N) is 2. The summed E-state index contributed by atoms with van der Waals surface area (Å²) in [5, 5.41) is 9.19. The molecule has 3 heterocycles. The van der Waals surface area contributed by atoms with Crippen LogP contribution in [-0.2, 0) is 13.0 Å². The third kappa shape index (κ3) is 4.36. The Kier molecular flexibility index (Phi) is 5.79. The third-order valence-corrected chi connectivity index (χ3v) is 6.65. The van der Waals surface area contributed by atoms with Gasteiger partial charge in [0.15, 0.2) is 5.96 Å². The van der Waals surface area contributed by atoms with Crippen LogP contribution >= 0.6 is 11.3 Å². The molecule has 2 aliphatic heterocycles. The first-order valence-corrected chi connectivity index (χ1v) is 11.0. The highest BCUT2D eigenvalue weighted by Crippen LogP contribution is 2.30. The number of nitrogens with zero attached hydrogens (tertiary/aromatic N) is 2. The zero-order chi connectivity index (χ0) is 18.6. The predicted octanol–water partition coefficient (Wildman–Crippen LogP) is 3.91. The molecule has 5 heteroatoms. The highest BCUT2D eigenvalue weighted by Gasteiger charge is 2.26. The lowest BCUT2D eigenvalue weighted by atomic mass is 9.97. The second kappa shape index (κ2) is 8.44. The highest BCUT2D eigenvalue weighted by molar-refractivity contribution is 7.10. The number of hydrogen-bond donors (Lipinski definition) is 2. The Hall–Kier alpha value is -1.85. The van der Waals surface area contributed by atoms with E-state index in [1.54, 1.807) is 4.88 Å². The molecule has 1 aromatic heterocycles. The van der Waals surface area contributed by atoms with E-state index in [4.69, 9.17) is 0 Å². The van der Waals surface area contributed by atoms with Gasteiger partial charge >= 0.3 is 0 Å². The van der Waals surface area contributed by atoms with E-state index >= 15 is 0 Å². The summed E-state index contributed by atoms with van der Waals surface area (Å²) in [5.74, 6) is 1.53. The van der Waals surface area contributed by atoms with Crippen molar-refractivity contribution in [3.63, 3.8) is 0 Å². The molecule has 0 saturated carbocycles. The van der Waals surface area contributed by atoms with Crippen LogP contribution in [0.2, 0.25) is 0 Å². The molecule has 144 valence electrons. The summed E-state index contributed by atoms with van der Waals surface area (Å²) < 4.78 is 0. The molecule has 1 aromatic carbocycles. The van der Waals surface area contributed by atoms with Gasteiger partial charge in [-0.3, -0.25) is 9.89 Å². The summed E-state index contributed by atoms with van der Waals surface area (Å²) in [5.41, 5.74) is 4.30. The molecular formula is C22H30N4S. The standard InChI is InChI=1S/C22H30N4S/c1-16(2)17-4-6-18(7-5-17)20(14-25-22-23-10-3-11-24-22)26-12-8-21-19(15-26)9-13-27-21/h4-7,9,13,16,20H,3,8,10-12,14-15H2,1-2H3,(H2,23,24,25). The maximum absolute atomic E-state index is 4.58. The average Bonchev–Trinajstić information content (AvgIpc) is 3.17. The molecular weight excluding hydrogens is 352 g/mol. The molecule has 1 unspecified atom stereocenters. The maximum atomic E-state index is 4.58. The fraction of sp³-hybridized carbons (Fsp3) is 0.500. The molecule has 0 radical (unpaired) electrons. The van der Waals surface area contributed by atoms with Crippen LogP contribution in [0.5, 0.6) is 0 Å². The molecule has 27 heavy (non-hydrogen) atoms. The van der Waals surface area contributed by atoms with Crippen LogP contribution in [0.15, 0.2) is 40.7 Å². The van der Waals surface area contributed by atoms with Crippen molar-refractivity contribution < 1.29 is 0 Å². The van der Waals surface area contributed by atoms with E-state index in [0.29, 0.717) is 12.0 Å².